The Morgan fingerprint density at radius 3 is 2.84 bits per heavy atom. The van der Waals surface area contributed by atoms with Gasteiger partial charge >= 0.3 is 0 Å². The highest BCUT2D eigenvalue weighted by Crippen LogP contribution is 2.29. The van der Waals surface area contributed by atoms with E-state index in [9.17, 15) is 10.1 Å². The Morgan fingerprint density at radius 2 is 2.16 bits per heavy atom. The summed E-state index contributed by atoms with van der Waals surface area (Å²) in [6.07, 6.45) is 2.92. The lowest BCUT2D eigenvalue weighted by atomic mass is 10.1. The van der Waals surface area contributed by atoms with Crippen molar-refractivity contribution >= 4 is 28.9 Å². The number of nitrogens with zero attached hydrogens (tertiary/aromatic N) is 2. The lowest BCUT2D eigenvalue weighted by Gasteiger charge is -1.98. The molecule has 5 nitrogen and oxygen atoms in total. The first-order valence-electron chi connectivity index (χ1n) is 5.56. The maximum absolute atomic E-state index is 10.8. The number of nitro benzene ring substituents is 1. The van der Waals surface area contributed by atoms with Crippen LogP contribution in [0.25, 0.3) is 11.3 Å². The fraction of sp³-hybridized carbons (Fsp3) is 0.250. The molecule has 1 aromatic carbocycles. The van der Waals surface area contributed by atoms with E-state index in [4.69, 9.17) is 27.6 Å². The molecule has 7 heteroatoms. The Labute approximate surface area is 119 Å². The van der Waals surface area contributed by atoms with Crippen molar-refractivity contribution in [2.24, 2.45) is 0 Å². The van der Waals surface area contributed by atoms with Crippen LogP contribution in [0.5, 0.6) is 0 Å². The summed E-state index contributed by atoms with van der Waals surface area (Å²) in [4.78, 5) is 14.4. The minimum absolute atomic E-state index is 0.0822. The normalized spacial score (nSPS) is 10.6. The summed E-state index contributed by atoms with van der Waals surface area (Å²) in [5.41, 5.74) is 0.449. The molecule has 2 rings (SSSR count). The van der Waals surface area contributed by atoms with Crippen molar-refractivity contribution in [3.05, 3.63) is 45.4 Å². The summed E-state index contributed by atoms with van der Waals surface area (Å²) in [7, 11) is 0. The molecule has 19 heavy (non-hydrogen) atoms. The Bertz CT molecular complexity index is 598. The van der Waals surface area contributed by atoms with E-state index in [1.54, 1.807) is 6.07 Å². The average molecular weight is 301 g/mol. The van der Waals surface area contributed by atoms with E-state index in [0.717, 1.165) is 6.42 Å². The highest BCUT2D eigenvalue weighted by atomic mass is 35.5. The molecule has 0 fully saturated rings. The first kappa shape index (κ1) is 13.8. The largest absolute Gasteiger partial charge is 0.441 e. The van der Waals surface area contributed by atoms with Crippen LogP contribution in [-0.2, 0) is 6.42 Å². The Kier molecular flexibility index (Phi) is 4.39. The summed E-state index contributed by atoms with van der Waals surface area (Å²) < 4.78 is 5.51. The van der Waals surface area contributed by atoms with Crippen LogP contribution in [0, 0.1) is 10.1 Å². The number of oxazole rings is 1. The summed E-state index contributed by atoms with van der Waals surface area (Å²) in [5.74, 6) is 1.54. The number of nitro groups is 1. The monoisotopic (exact) mass is 300 g/mol. The topological polar surface area (TPSA) is 69.2 Å². The zero-order chi connectivity index (χ0) is 13.8. The Morgan fingerprint density at radius 1 is 1.37 bits per heavy atom. The molecule has 0 bridgehead atoms. The predicted molar refractivity (Wildman–Crippen MR) is 72.6 cm³/mol. The molecular weight excluding hydrogens is 291 g/mol. The standard InChI is InChI=1S/C12H10Cl2N2O3/c13-3-1-2-12-15-7-11(19-12)8-4-9(14)6-10(5-8)16(17)18/h4-7H,1-3H2. The number of halogens is 2. The number of alkyl halides is 1. The fourth-order valence-corrected chi connectivity index (χ4v) is 1.96. The zero-order valence-electron chi connectivity index (χ0n) is 9.81. The number of non-ortho nitro benzene ring substituents is 1. The van der Waals surface area contributed by atoms with Crippen LogP contribution in [-0.4, -0.2) is 15.8 Å². The summed E-state index contributed by atoms with van der Waals surface area (Å²) in [6.45, 7) is 0. The van der Waals surface area contributed by atoms with Crippen LogP contribution in [0.2, 0.25) is 5.02 Å². The van der Waals surface area contributed by atoms with Crippen molar-refractivity contribution in [1.82, 2.24) is 4.98 Å². The molecule has 0 N–H and O–H groups in total. The quantitative estimate of drug-likeness (QED) is 0.474. The van der Waals surface area contributed by atoms with Crippen molar-refractivity contribution in [3.63, 3.8) is 0 Å². The molecule has 0 aliphatic carbocycles. The van der Waals surface area contributed by atoms with Crippen LogP contribution < -0.4 is 0 Å². The third kappa shape index (κ3) is 3.45. The van der Waals surface area contributed by atoms with E-state index in [0.29, 0.717) is 29.5 Å². The smallest absolute Gasteiger partial charge is 0.271 e. The molecule has 0 aliphatic heterocycles. The third-order valence-corrected chi connectivity index (χ3v) is 2.94. The Balaban J connectivity index is 2.30. The SMILES string of the molecule is O=[N+]([O-])c1cc(Cl)cc(-c2cnc(CCCCl)o2)c1. The van der Waals surface area contributed by atoms with E-state index in [-0.39, 0.29) is 10.7 Å². The number of aryl methyl sites for hydroxylation is 1. The summed E-state index contributed by atoms with van der Waals surface area (Å²) in [6, 6.07) is 4.29. The van der Waals surface area contributed by atoms with Gasteiger partial charge in [-0.15, -0.1) is 11.6 Å². The van der Waals surface area contributed by atoms with Crippen molar-refractivity contribution in [1.29, 1.82) is 0 Å². The minimum atomic E-state index is -0.500. The maximum atomic E-state index is 10.8. The van der Waals surface area contributed by atoms with Gasteiger partial charge in [-0.05, 0) is 12.5 Å². The second-order valence-electron chi connectivity index (χ2n) is 3.87. The lowest BCUT2D eigenvalue weighted by Crippen LogP contribution is -1.88. The van der Waals surface area contributed by atoms with Gasteiger partial charge in [0.1, 0.15) is 0 Å². The van der Waals surface area contributed by atoms with Crippen LogP contribution in [0.15, 0.2) is 28.8 Å². The van der Waals surface area contributed by atoms with Crippen LogP contribution in [0.3, 0.4) is 0 Å². The van der Waals surface area contributed by atoms with Crippen LogP contribution in [0.1, 0.15) is 12.3 Å². The summed E-state index contributed by atoms with van der Waals surface area (Å²) >= 11 is 11.4. The molecule has 0 saturated heterocycles. The van der Waals surface area contributed by atoms with Crippen molar-refractivity contribution in [2.75, 3.05) is 5.88 Å². The van der Waals surface area contributed by atoms with E-state index < -0.39 is 4.92 Å². The molecule has 2 aromatic rings. The highest BCUT2D eigenvalue weighted by molar-refractivity contribution is 6.31. The zero-order valence-corrected chi connectivity index (χ0v) is 11.3. The van der Waals surface area contributed by atoms with Gasteiger partial charge in [0.05, 0.1) is 11.1 Å². The van der Waals surface area contributed by atoms with Gasteiger partial charge in [-0.3, -0.25) is 10.1 Å². The second-order valence-corrected chi connectivity index (χ2v) is 4.68. The van der Waals surface area contributed by atoms with Crippen LogP contribution in [0.4, 0.5) is 5.69 Å². The van der Waals surface area contributed by atoms with Gasteiger partial charge in [-0.25, -0.2) is 4.98 Å². The second kappa shape index (κ2) is 6.04. The van der Waals surface area contributed by atoms with Gasteiger partial charge in [0.15, 0.2) is 11.7 Å². The molecule has 1 heterocycles. The molecule has 0 amide bonds. The first-order valence-corrected chi connectivity index (χ1v) is 6.47. The molecule has 100 valence electrons. The van der Waals surface area contributed by atoms with E-state index >= 15 is 0 Å². The molecule has 0 aliphatic rings. The number of rotatable bonds is 5. The molecule has 0 saturated carbocycles. The average Bonchev–Trinajstić information content (AvgIpc) is 2.84. The molecule has 0 unspecified atom stereocenters. The van der Waals surface area contributed by atoms with Crippen LogP contribution >= 0.6 is 23.2 Å². The van der Waals surface area contributed by atoms with E-state index in [1.165, 1.54) is 18.3 Å². The fourth-order valence-electron chi connectivity index (χ4n) is 1.60. The molecule has 1 aromatic heterocycles. The number of hydrogen-bond acceptors (Lipinski definition) is 4. The molecule has 0 atom stereocenters. The first-order chi connectivity index (χ1) is 9.10. The van der Waals surface area contributed by atoms with Crippen molar-refractivity contribution < 1.29 is 9.34 Å². The van der Waals surface area contributed by atoms with Gasteiger partial charge < -0.3 is 4.42 Å². The number of benzene rings is 1. The van der Waals surface area contributed by atoms with E-state index in [2.05, 4.69) is 4.98 Å². The van der Waals surface area contributed by atoms with Gasteiger partial charge in [0, 0.05) is 35.0 Å². The lowest BCUT2D eigenvalue weighted by molar-refractivity contribution is -0.384. The number of hydrogen-bond donors (Lipinski definition) is 0. The molecular formula is C12H10Cl2N2O3. The van der Waals surface area contributed by atoms with Crippen molar-refractivity contribution in [3.8, 4) is 11.3 Å². The minimum Gasteiger partial charge on any atom is -0.441 e. The van der Waals surface area contributed by atoms with E-state index in [1.807, 2.05) is 0 Å². The maximum Gasteiger partial charge on any atom is 0.271 e. The Hall–Kier alpha value is -1.59. The van der Waals surface area contributed by atoms with Crippen molar-refractivity contribution in [2.45, 2.75) is 12.8 Å². The molecule has 0 radical (unpaired) electrons. The summed E-state index contributed by atoms with van der Waals surface area (Å²) in [5, 5.41) is 11.0. The molecule has 0 spiro atoms. The van der Waals surface area contributed by atoms with Gasteiger partial charge in [-0.2, -0.15) is 0 Å². The third-order valence-electron chi connectivity index (χ3n) is 2.46. The highest BCUT2D eigenvalue weighted by Gasteiger charge is 2.13. The van der Waals surface area contributed by atoms with Gasteiger partial charge in [0.2, 0.25) is 0 Å². The predicted octanol–water partition coefficient (Wildman–Crippen LogP) is 4.07. The van der Waals surface area contributed by atoms with Gasteiger partial charge in [-0.1, -0.05) is 11.6 Å². The van der Waals surface area contributed by atoms with Gasteiger partial charge in [0.25, 0.3) is 5.69 Å². The number of aromatic nitrogens is 1.